The maximum atomic E-state index is 13.3. The molecule has 0 saturated heterocycles. The van der Waals surface area contributed by atoms with Crippen LogP contribution in [0.25, 0.3) is 0 Å². The van der Waals surface area contributed by atoms with Gasteiger partial charge in [-0.2, -0.15) is 0 Å². The number of phenolic OH excluding ortho intramolecular Hbond substituents is 1. The predicted octanol–water partition coefficient (Wildman–Crippen LogP) is 1.86. The normalized spacial score (nSPS) is 13.9. The number of phenols is 1. The molecule has 0 aliphatic rings. The van der Waals surface area contributed by atoms with Gasteiger partial charge in [0, 0.05) is 23.6 Å². The van der Waals surface area contributed by atoms with E-state index in [1.165, 1.54) is 6.07 Å². The van der Waals surface area contributed by atoms with Gasteiger partial charge >= 0.3 is 0 Å². The molecule has 0 amide bonds. The molecule has 0 fully saturated rings. The van der Waals surface area contributed by atoms with E-state index in [1.807, 2.05) is 0 Å². The quantitative estimate of drug-likeness (QED) is 0.738. The molecular weight excluding hydrogens is 209 g/mol. The number of aromatic hydroxyl groups is 1. The van der Waals surface area contributed by atoms with Crippen LogP contribution in [0.2, 0.25) is 0 Å². The number of hydrogen-bond donors (Lipinski definition) is 3. The summed E-state index contributed by atoms with van der Waals surface area (Å²) in [6.45, 7) is 5.11. The second-order valence-corrected chi connectivity index (χ2v) is 4.81. The zero-order chi connectivity index (χ0) is 12.5. The lowest BCUT2D eigenvalue weighted by Crippen LogP contribution is -2.32. The minimum absolute atomic E-state index is 0.136. The van der Waals surface area contributed by atoms with Crippen LogP contribution in [0, 0.1) is 18.2 Å². The van der Waals surface area contributed by atoms with E-state index in [9.17, 15) is 14.6 Å². The Hall–Kier alpha value is -1.13. The lowest BCUT2D eigenvalue weighted by molar-refractivity contribution is 0.131. The standard InChI is InChI=1S/C12H18FNO2/c1-7-4-8(10(16)9(13)5-7)11(14)12(2,3)6-15/h4-5,11,15-16H,6,14H2,1-3H3/t11-/m1/s1. The number of benzene rings is 1. The van der Waals surface area contributed by atoms with Crippen molar-refractivity contribution in [3.63, 3.8) is 0 Å². The number of nitrogens with two attached hydrogens (primary N) is 1. The molecule has 1 aromatic carbocycles. The summed E-state index contributed by atoms with van der Waals surface area (Å²) < 4.78 is 13.3. The van der Waals surface area contributed by atoms with Crippen LogP contribution in [0.1, 0.15) is 31.0 Å². The molecule has 0 saturated carbocycles. The molecule has 90 valence electrons. The number of aliphatic hydroxyl groups is 1. The van der Waals surface area contributed by atoms with Gasteiger partial charge in [-0.15, -0.1) is 0 Å². The van der Waals surface area contributed by atoms with Crippen LogP contribution in [0.3, 0.4) is 0 Å². The molecule has 16 heavy (non-hydrogen) atoms. The van der Waals surface area contributed by atoms with Crippen LogP contribution < -0.4 is 5.73 Å². The summed E-state index contributed by atoms with van der Waals surface area (Å²) in [5.41, 5.74) is 6.34. The molecule has 1 rings (SSSR count). The van der Waals surface area contributed by atoms with Crippen molar-refractivity contribution in [1.82, 2.24) is 0 Å². The fourth-order valence-corrected chi connectivity index (χ4v) is 1.52. The lowest BCUT2D eigenvalue weighted by atomic mass is 9.81. The van der Waals surface area contributed by atoms with Crippen molar-refractivity contribution in [2.24, 2.45) is 11.1 Å². The van der Waals surface area contributed by atoms with Gasteiger partial charge in [-0.25, -0.2) is 4.39 Å². The summed E-state index contributed by atoms with van der Waals surface area (Å²) in [5.74, 6) is -1.11. The fourth-order valence-electron chi connectivity index (χ4n) is 1.52. The summed E-state index contributed by atoms with van der Waals surface area (Å²) in [5, 5.41) is 18.8. The molecule has 0 aromatic heterocycles. The first-order valence-corrected chi connectivity index (χ1v) is 5.15. The number of halogens is 1. The highest BCUT2D eigenvalue weighted by Crippen LogP contribution is 2.36. The van der Waals surface area contributed by atoms with Crippen molar-refractivity contribution in [2.45, 2.75) is 26.8 Å². The second kappa shape index (κ2) is 4.39. The third-order valence-corrected chi connectivity index (χ3v) is 2.82. The third kappa shape index (κ3) is 2.33. The van der Waals surface area contributed by atoms with Crippen LogP contribution in [0.4, 0.5) is 4.39 Å². The van der Waals surface area contributed by atoms with Gasteiger partial charge < -0.3 is 15.9 Å². The molecule has 0 aliphatic carbocycles. The van der Waals surface area contributed by atoms with Crippen LogP contribution in [0.5, 0.6) is 5.75 Å². The summed E-state index contributed by atoms with van der Waals surface area (Å²) >= 11 is 0. The zero-order valence-electron chi connectivity index (χ0n) is 9.79. The van der Waals surface area contributed by atoms with Gasteiger partial charge in [0.15, 0.2) is 11.6 Å². The van der Waals surface area contributed by atoms with Crippen molar-refractivity contribution in [1.29, 1.82) is 0 Å². The van der Waals surface area contributed by atoms with Crippen molar-refractivity contribution >= 4 is 0 Å². The topological polar surface area (TPSA) is 66.5 Å². The molecular formula is C12H18FNO2. The molecule has 4 N–H and O–H groups in total. The Labute approximate surface area is 94.7 Å². The average molecular weight is 227 g/mol. The Balaban J connectivity index is 3.23. The maximum Gasteiger partial charge on any atom is 0.165 e. The van der Waals surface area contributed by atoms with Gasteiger partial charge in [-0.1, -0.05) is 19.9 Å². The SMILES string of the molecule is Cc1cc(F)c(O)c([C@@H](N)C(C)(C)CO)c1. The van der Waals surface area contributed by atoms with Gasteiger partial charge in [-0.05, 0) is 18.6 Å². The maximum absolute atomic E-state index is 13.3. The molecule has 4 heteroatoms. The van der Waals surface area contributed by atoms with Crippen molar-refractivity contribution < 1.29 is 14.6 Å². The van der Waals surface area contributed by atoms with Crippen molar-refractivity contribution in [2.75, 3.05) is 6.61 Å². The molecule has 0 spiro atoms. The van der Waals surface area contributed by atoms with E-state index < -0.39 is 23.0 Å². The van der Waals surface area contributed by atoms with Gasteiger partial charge in [0.2, 0.25) is 0 Å². The first kappa shape index (κ1) is 12.9. The van der Waals surface area contributed by atoms with E-state index in [1.54, 1.807) is 26.8 Å². The van der Waals surface area contributed by atoms with E-state index >= 15 is 0 Å². The number of aryl methyl sites for hydroxylation is 1. The molecule has 0 unspecified atom stereocenters. The number of aliphatic hydroxyl groups excluding tert-OH is 1. The molecule has 0 aliphatic heterocycles. The molecule has 0 bridgehead atoms. The minimum Gasteiger partial charge on any atom is -0.505 e. The molecule has 1 atom stereocenters. The highest BCUT2D eigenvalue weighted by Gasteiger charge is 2.29. The third-order valence-electron chi connectivity index (χ3n) is 2.82. The Morgan fingerprint density at radius 1 is 1.44 bits per heavy atom. The highest BCUT2D eigenvalue weighted by atomic mass is 19.1. The number of hydrogen-bond acceptors (Lipinski definition) is 3. The van der Waals surface area contributed by atoms with Crippen LogP contribution in [0.15, 0.2) is 12.1 Å². The first-order chi connectivity index (χ1) is 7.29. The molecule has 1 aromatic rings. The Bertz CT molecular complexity index is 391. The lowest BCUT2D eigenvalue weighted by Gasteiger charge is -2.30. The van der Waals surface area contributed by atoms with E-state index in [0.29, 0.717) is 11.1 Å². The number of rotatable bonds is 3. The van der Waals surface area contributed by atoms with E-state index in [-0.39, 0.29) is 6.61 Å². The van der Waals surface area contributed by atoms with E-state index in [4.69, 9.17) is 5.73 Å². The summed E-state index contributed by atoms with van der Waals surface area (Å²) in [4.78, 5) is 0. The van der Waals surface area contributed by atoms with Crippen molar-refractivity contribution in [3.8, 4) is 5.75 Å². The average Bonchev–Trinajstić information content (AvgIpc) is 2.22. The Morgan fingerprint density at radius 2 is 2.00 bits per heavy atom. The highest BCUT2D eigenvalue weighted by molar-refractivity contribution is 5.40. The van der Waals surface area contributed by atoms with Gasteiger partial charge in [0.25, 0.3) is 0 Å². The van der Waals surface area contributed by atoms with E-state index in [2.05, 4.69) is 0 Å². The molecule has 3 nitrogen and oxygen atoms in total. The van der Waals surface area contributed by atoms with E-state index in [0.717, 1.165) is 0 Å². The van der Waals surface area contributed by atoms with Gasteiger partial charge in [0.1, 0.15) is 0 Å². The predicted molar refractivity (Wildman–Crippen MR) is 60.6 cm³/mol. The monoisotopic (exact) mass is 227 g/mol. The fraction of sp³-hybridized carbons (Fsp3) is 0.500. The Kier molecular flexibility index (Phi) is 3.55. The largest absolute Gasteiger partial charge is 0.505 e. The van der Waals surface area contributed by atoms with Crippen LogP contribution in [-0.2, 0) is 0 Å². The van der Waals surface area contributed by atoms with Crippen LogP contribution in [-0.4, -0.2) is 16.8 Å². The first-order valence-electron chi connectivity index (χ1n) is 5.15. The van der Waals surface area contributed by atoms with Gasteiger partial charge in [0.05, 0.1) is 0 Å². The smallest absolute Gasteiger partial charge is 0.165 e. The second-order valence-electron chi connectivity index (χ2n) is 4.81. The summed E-state index contributed by atoms with van der Waals surface area (Å²) in [6, 6.07) is 2.27. The van der Waals surface area contributed by atoms with Crippen molar-refractivity contribution in [3.05, 3.63) is 29.1 Å². The zero-order valence-corrected chi connectivity index (χ0v) is 9.79. The Morgan fingerprint density at radius 3 is 2.50 bits per heavy atom. The minimum atomic E-state index is -0.681. The molecule has 0 radical (unpaired) electrons. The summed E-state index contributed by atoms with van der Waals surface area (Å²) in [7, 11) is 0. The molecule has 0 heterocycles. The van der Waals surface area contributed by atoms with Gasteiger partial charge in [-0.3, -0.25) is 0 Å². The summed E-state index contributed by atoms with van der Waals surface area (Å²) in [6.07, 6.45) is 0. The van der Waals surface area contributed by atoms with Crippen LogP contribution >= 0.6 is 0 Å².